The number of aromatic nitrogens is 3. The minimum absolute atomic E-state index is 0. The first kappa shape index (κ1) is 32.6. The summed E-state index contributed by atoms with van der Waals surface area (Å²) < 4.78 is 8.76. The second-order valence-corrected chi connectivity index (χ2v) is 14.8. The molecule has 0 aliphatic heterocycles. The van der Waals surface area contributed by atoms with E-state index < -0.39 is 0 Å². The van der Waals surface area contributed by atoms with Crippen LogP contribution in [0, 0.1) is 12.1 Å². The number of rotatable bonds is 4. The van der Waals surface area contributed by atoms with Crippen molar-refractivity contribution < 1.29 is 25.8 Å². The summed E-state index contributed by atoms with van der Waals surface area (Å²) in [5.74, 6) is 2.13. The molecule has 3 aromatic carbocycles. The molecule has 45 heavy (non-hydrogen) atoms. The number of para-hydroxylation sites is 1. The molecule has 6 aromatic rings. The fourth-order valence-electron chi connectivity index (χ4n) is 5.51. The molecule has 0 aliphatic carbocycles. The van der Waals surface area contributed by atoms with Gasteiger partial charge >= 0.3 is 21.1 Å². The van der Waals surface area contributed by atoms with Crippen LogP contribution in [0.1, 0.15) is 79.0 Å². The zero-order valence-corrected chi connectivity index (χ0v) is 29.9. The van der Waals surface area contributed by atoms with Gasteiger partial charge in [-0.1, -0.05) is 104 Å². The molecule has 4 nitrogen and oxygen atoms in total. The predicted octanol–water partition coefficient (Wildman–Crippen LogP) is 10.5. The fraction of sp³-hybridized carbons (Fsp3) is 0.300. The molecule has 0 saturated heterocycles. The van der Waals surface area contributed by atoms with Gasteiger partial charge in [0.05, 0.1) is 0 Å². The predicted molar refractivity (Wildman–Crippen MR) is 182 cm³/mol. The van der Waals surface area contributed by atoms with Crippen LogP contribution in [0.2, 0.25) is 0 Å². The van der Waals surface area contributed by atoms with Gasteiger partial charge in [-0.3, -0.25) is 0 Å². The monoisotopic (exact) mass is 774 g/mol. The van der Waals surface area contributed by atoms with E-state index in [4.69, 9.17) is 14.7 Å². The van der Waals surface area contributed by atoms with Crippen LogP contribution in [0.4, 0.5) is 0 Å². The summed E-state index contributed by atoms with van der Waals surface area (Å²) in [5.41, 5.74) is 7.35. The van der Waals surface area contributed by atoms with Crippen molar-refractivity contribution in [1.82, 2.24) is 14.5 Å². The van der Waals surface area contributed by atoms with Gasteiger partial charge in [0.1, 0.15) is 5.82 Å². The molecular weight excluding hydrogens is 734 g/mol. The van der Waals surface area contributed by atoms with Crippen molar-refractivity contribution in [3.8, 4) is 28.6 Å². The third kappa shape index (κ3) is 6.63. The summed E-state index contributed by atoms with van der Waals surface area (Å²) in [5, 5.41) is 2.26. The molecule has 3 heterocycles. The van der Waals surface area contributed by atoms with Gasteiger partial charge in [0.25, 0.3) is 0 Å². The van der Waals surface area contributed by atoms with Crippen LogP contribution in [0.3, 0.4) is 0 Å². The van der Waals surface area contributed by atoms with Crippen LogP contribution in [-0.4, -0.2) is 14.5 Å². The standard InChI is InChI=1S/C40H41N3O.Pt/c1-38(2,3)27-16-18-41-34(23-27)26-20-29(40(7,8)9)22-31(21-26)44-30-14-15-33-32-12-10-11-13-35(32)43(36(33)25-30)37-24-28(17-19-42-37)39(4,5)6;/h10-20,22-24H,1-9H3;/q-2;+2. The molecule has 6 rings (SSSR count). The van der Waals surface area contributed by atoms with E-state index in [1.807, 2.05) is 18.5 Å². The molecular formula is C40H41N3OPt. The molecule has 0 N–H and O–H groups in total. The zero-order valence-electron chi connectivity index (χ0n) is 27.6. The Kier molecular flexibility index (Phi) is 8.61. The number of ether oxygens (including phenoxy) is 1. The van der Waals surface area contributed by atoms with Gasteiger partial charge in [-0.2, -0.15) is 6.07 Å². The van der Waals surface area contributed by atoms with Gasteiger partial charge in [-0.25, -0.2) is 4.98 Å². The Balaban J connectivity index is 0.00000400. The molecule has 0 aliphatic rings. The van der Waals surface area contributed by atoms with Gasteiger partial charge in [0, 0.05) is 29.4 Å². The van der Waals surface area contributed by atoms with Crippen molar-refractivity contribution >= 4 is 21.8 Å². The maximum Gasteiger partial charge on any atom is 2.00 e. The Hall–Kier alpha value is -3.75. The van der Waals surface area contributed by atoms with E-state index in [-0.39, 0.29) is 37.3 Å². The molecule has 0 saturated carbocycles. The molecule has 3 aromatic heterocycles. The second kappa shape index (κ2) is 11.9. The van der Waals surface area contributed by atoms with E-state index in [0.29, 0.717) is 11.5 Å². The van der Waals surface area contributed by atoms with E-state index in [9.17, 15) is 0 Å². The summed E-state index contributed by atoms with van der Waals surface area (Å²) in [7, 11) is 0. The largest absolute Gasteiger partial charge is 2.00 e. The Labute approximate surface area is 282 Å². The van der Waals surface area contributed by atoms with Crippen molar-refractivity contribution in [2.24, 2.45) is 0 Å². The van der Waals surface area contributed by atoms with Crippen LogP contribution in [0.15, 0.2) is 85.2 Å². The van der Waals surface area contributed by atoms with Crippen molar-refractivity contribution in [2.45, 2.75) is 78.6 Å². The fourth-order valence-corrected chi connectivity index (χ4v) is 5.51. The van der Waals surface area contributed by atoms with E-state index in [0.717, 1.165) is 44.4 Å². The molecule has 232 valence electrons. The maximum absolute atomic E-state index is 6.57. The molecule has 0 amide bonds. The number of hydrogen-bond donors (Lipinski definition) is 0. The van der Waals surface area contributed by atoms with E-state index in [1.54, 1.807) is 0 Å². The Morgan fingerprint density at radius 2 is 1.24 bits per heavy atom. The number of hydrogen-bond acceptors (Lipinski definition) is 3. The molecule has 0 fully saturated rings. The number of pyridine rings is 2. The van der Waals surface area contributed by atoms with Gasteiger partial charge in [-0.05, 0) is 62.7 Å². The Morgan fingerprint density at radius 3 is 1.93 bits per heavy atom. The van der Waals surface area contributed by atoms with Crippen LogP contribution >= 0.6 is 0 Å². The molecule has 0 spiro atoms. The number of benzene rings is 3. The average molecular weight is 775 g/mol. The Morgan fingerprint density at radius 1 is 0.600 bits per heavy atom. The van der Waals surface area contributed by atoms with Crippen LogP contribution in [0.5, 0.6) is 11.5 Å². The zero-order chi connectivity index (χ0) is 31.4. The van der Waals surface area contributed by atoms with E-state index in [2.05, 4.69) is 146 Å². The van der Waals surface area contributed by atoms with Gasteiger partial charge in [0.15, 0.2) is 0 Å². The first-order valence-electron chi connectivity index (χ1n) is 15.3. The maximum atomic E-state index is 6.57. The molecule has 0 radical (unpaired) electrons. The topological polar surface area (TPSA) is 39.9 Å². The summed E-state index contributed by atoms with van der Waals surface area (Å²) >= 11 is 0. The van der Waals surface area contributed by atoms with Gasteiger partial charge in [0.2, 0.25) is 0 Å². The third-order valence-corrected chi connectivity index (χ3v) is 8.23. The van der Waals surface area contributed by atoms with Gasteiger partial charge in [-0.15, -0.1) is 34.7 Å². The molecule has 0 atom stereocenters. The van der Waals surface area contributed by atoms with Crippen molar-refractivity contribution in [3.05, 3.63) is 114 Å². The molecule has 0 unspecified atom stereocenters. The molecule has 0 bridgehead atoms. The average Bonchev–Trinajstić information content (AvgIpc) is 3.29. The normalized spacial score (nSPS) is 12.4. The number of nitrogens with zero attached hydrogens (tertiary/aromatic N) is 3. The second-order valence-electron chi connectivity index (χ2n) is 14.8. The SMILES string of the molecule is CC(C)(C)c1cc(Oc2[c-]c3c(cc2)c2ccccc2n3-c2cc(C(C)(C)C)ccn2)[c-]c(-c2cc(C(C)(C)C)ccn2)c1.[Pt+2]. The minimum Gasteiger partial charge on any atom is -0.503 e. The first-order valence-corrected chi connectivity index (χ1v) is 15.3. The van der Waals surface area contributed by atoms with Crippen molar-refractivity contribution in [1.29, 1.82) is 0 Å². The van der Waals surface area contributed by atoms with Gasteiger partial charge < -0.3 is 14.3 Å². The van der Waals surface area contributed by atoms with Crippen molar-refractivity contribution in [2.75, 3.05) is 0 Å². The summed E-state index contributed by atoms with van der Waals surface area (Å²) in [4.78, 5) is 9.53. The van der Waals surface area contributed by atoms with Crippen LogP contribution < -0.4 is 4.74 Å². The summed E-state index contributed by atoms with van der Waals surface area (Å²) in [6.07, 6.45) is 3.78. The van der Waals surface area contributed by atoms with E-state index >= 15 is 0 Å². The first-order chi connectivity index (χ1) is 20.7. The minimum atomic E-state index is -0.0899. The number of fused-ring (bicyclic) bond motifs is 3. The quantitative estimate of drug-likeness (QED) is 0.168. The summed E-state index contributed by atoms with van der Waals surface area (Å²) in [6, 6.07) is 32.5. The smallest absolute Gasteiger partial charge is 0.503 e. The van der Waals surface area contributed by atoms with Crippen LogP contribution in [0.25, 0.3) is 38.9 Å². The van der Waals surface area contributed by atoms with E-state index in [1.165, 1.54) is 11.1 Å². The molecule has 5 heteroatoms. The van der Waals surface area contributed by atoms with Crippen molar-refractivity contribution in [3.63, 3.8) is 0 Å². The summed E-state index contributed by atoms with van der Waals surface area (Å²) in [6.45, 7) is 20.0. The Bertz CT molecular complexity index is 2000. The third-order valence-electron chi connectivity index (χ3n) is 8.23. The van der Waals surface area contributed by atoms with Crippen LogP contribution in [-0.2, 0) is 37.3 Å².